The van der Waals surface area contributed by atoms with Crippen molar-refractivity contribution in [1.29, 1.82) is 0 Å². The molecule has 2 aromatic rings. The number of hydrazone groups is 2. The molecule has 3 rings (SSSR count). The lowest BCUT2D eigenvalue weighted by Gasteiger charge is -2.11. The molecule has 3 N–H and O–H groups in total. The van der Waals surface area contributed by atoms with Gasteiger partial charge in [0.2, 0.25) is 0 Å². The van der Waals surface area contributed by atoms with Crippen LogP contribution in [0.25, 0.3) is 0 Å². The third-order valence-corrected chi connectivity index (χ3v) is 4.20. The maximum Gasteiger partial charge on any atom is 0.303 e. The Kier molecular flexibility index (Phi) is 4.81. The first-order valence-corrected chi connectivity index (χ1v) is 8.49. The molecule has 0 fully saturated rings. The van der Waals surface area contributed by atoms with Crippen LogP contribution in [0.15, 0.2) is 52.7 Å². The van der Waals surface area contributed by atoms with Crippen LogP contribution < -0.4 is 11.2 Å². The van der Waals surface area contributed by atoms with E-state index in [0.29, 0.717) is 5.71 Å². The van der Waals surface area contributed by atoms with Crippen LogP contribution in [0, 0.1) is 20.8 Å². The number of nitrogens with two attached hydrogens (primary N) is 1. The Morgan fingerprint density at radius 3 is 2.35 bits per heavy atom. The second-order valence-corrected chi connectivity index (χ2v) is 6.53. The molecule has 0 saturated carbocycles. The minimum absolute atomic E-state index is 0.115. The summed E-state index contributed by atoms with van der Waals surface area (Å²) < 4.78 is 0. The van der Waals surface area contributed by atoms with Gasteiger partial charge in [-0.15, -0.1) is 0 Å². The molecule has 0 radical (unpaired) electrons. The Bertz CT molecular complexity index is 927. The fraction of sp³-hybridized carbons (Fsp3) is 0.158. The van der Waals surface area contributed by atoms with E-state index in [9.17, 15) is 4.79 Å². The minimum atomic E-state index is -0.453. The van der Waals surface area contributed by atoms with Crippen LogP contribution in [-0.4, -0.2) is 27.5 Å². The van der Waals surface area contributed by atoms with Crippen LogP contribution in [0.2, 0.25) is 0 Å². The van der Waals surface area contributed by atoms with Crippen LogP contribution in [0.3, 0.4) is 0 Å². The molecule has 0 aromatic heterocycles. The highest BCUT2D eigenvalue weighted by molar-refractivity contribution is 7.80. The molecule has 0 atom stereocenters. The molecule has 0 unspecified atom stereocenters. The van der Waals surface area contributed by atoms with Crippen LogP contribution in [0.1, 0.15) is 22.3 Å². The number of carbonyl (C=O) groups is 1. The fourth-order valence-electron chi connectivity index (χ4n) is 2.90. The maximum absolute atomic E-state index is 12.6. The first-order chi connectivity index (χ1) is 12.4. The van der Waals surface area contributed by atoms with E-state index in [1.165, 1.54) is 5.56 Å². The van der Waals surface area contributed by atoms with Gasteiger partial charge in [0.1, 0.15) is 5.71 Å². The summed E-state index contributed by atoms with van der Waals surface area (Å²) in [6, 6.07) is 13.4. The van der Waals surface area contributed by atoms with E-state index in [1.54, 1.807) is 0 Å². The molecule has 1 aliphatic heterocycles. The van der Waals surface area contributed by atoms with Gasteiger partial charge in [0.05, 0.1) is 5.69 Å². The maximum atomic E-state index is 12.6. The van der Waals surface area contributed by atoms with Crippen LogP contribution in [-0.2, 0) is 4.79 Å². The number of benzene rings is 2. The first-order valence-electron chi connectivity index (χ1n) is 8.08. The summed E-state index contributed by atoms with van der Waals surface area (Å²) >= 11 is 4.92. The van der Waals surface area contributed by atoms with E-state index in [1.807, 2.05) is 51.1 Å². The van der Waals surface area contributed by atoms with Crippen molar-refractivity contribution in [2.45, 2.75) is 20.8 Å². The number of nitrogens with zero attached hydrogens (tertiary/aromatic N) is 3. The molecular weight excluding hydrogens is 346 g/mol. The minimum Gasteiger partial charge on any atom is -0.374 e. The van der Waals surface area contributed by atoms with Gasteiger partial charge in [0.15, 0.2) is 10.8 Å². The van der Waals surface area contributed by atoms with Gasteiger partial charge in [-0.2, -0.15) is 15.2 Å². The Labute approximate surface area is 157 Å². The lowest BCUT2D eigenvalue weighted by atomic mass is 10.1. The second-order valence-electron chi connectivity index (χ2n) is 6.12. The van der Waals surface area contributed by atoms with Crippen LogP contribution >= 0.6 is 12.2 Å². The summed E-state index contributed by atoms with van der Waals surface area (Å²) in [5.74, 6) is -0.453. The predicted octanol–water partition coefficient (Wildman–Crippen LogP) is 2.87. The summed E-state index contributed by atoms with van der Waals surface area (Å²) in [6.07, 6.45) is 0. The van der Waals surface area contributed by atoms with Crippen molar-refractivity contribution in [1.82, 2.24) is 5.01 Å². The quantitative estimate of drug-likeness (QED) is 0.647. The summed E-state index contributed by atoms with van der Waals surface area (Å²) in [6.45, 7) is 6.02. The Morgan fingerprint density at radius 1 is 1.15 bits per heavy atom. The van der Waals surface area contributed by atoms with Gasteiger partial charge in [-0.05, 0) is 44.1 Å². The molecule has 1 amide bonds. The third-order valence-electron chi connectivity index (χ3n) is 4.03. The molecule has 132 valence electrons. The number of anilines is 1. The molecule has 1 heterocycles. The molecule has 0 saturated heterocycles. The molecule has 6 nitrogen and oxygen atoms in total. The Hall–Kier alpha value is -3.06. The van der Waals surface area contributed by atoms with Crippen molar-refractivity contribution >= 4 is 40.3 Å². The molecule has 2 aromatic carbocycles. The van der Waals surface area contributed by atoms with Crippen molar-refractivity contribution < 1.29 is 4.79 Å². The zero-order valence-electron chi connectivity index (χ0n) is 14.8. The normalized spacial score (nSPS) is 15.3. The van der Waals surface area contributed by atoms with Gasteiger partial charge in [-0.3, -0.25) is 10.2 Å². The zero-order chi connectivity index (χ0) is 18.8. The van der Waals surface area contributed by atoms with Gasteiger partial charge in [0.25, 0.3) is 0 Å². The zero-order valence-corrected chi connectivity index (χ0v) is 15.6. The highest BCUT2D eigenvalue weighted by Crippen LogP contribution is 2.22. The van der Waals surface area contributed by atoms with Crippen LogP contribution in [0.4, 0.5) is 5.69 Å². The Balaban J connectivity index is 2.01. The van der Waals surface area contributed by atoms with Crippen LogP contribution in [0.5, 0.6) is 0 Å². The first kappa shape index (κ1) is 17.8. The van der Waals surface area contributed by atoms with Gasteiger partial charge < -0.3 is 5.73 Å². The molecule has 0 spiro atoms. The number of hydrogen-bond acceptors (Lipinski definition) is 5. The number of rotatable bonds is 3. The molecule has 7 heteroatoms. The van der Waals surface area contributed by atoms with Gasteiger partial charge >= 0.3 is 5.91 Å². The van der Waals surface area contributed by atoms with Crippen molar-refractivity contribution in [2.24, 2.45) is 15.9 Å². The van der Waals surface area contributed by atoms with Crippen molar-refractivity contribution in [3.05, 3.63) is 64.7 Å². The topological polar surface area (TPSA) is 83.1 Å². The van der Waals surface area contributed by atoms with Gasteiger partial charge in [0, 0.05) is 5.56 Å². The van der Waals surface area contributed by atoms with E-state index in [0.717, 1.165) is 27.4 Å². The summed E-state index contributed by atoms with van der Waals surface area (Å²) in [4.78, 5) is 12.6. The molecule has 0 aliphatic carbocycles. The number of amides is 1. The summed E-state index contributed by atoms with van der Waals surface area (Å²) in [5.41, 5.74) is 14.1. The number of thiocarbonyl (C=S) groups is 1. The standard InChI is InChI=1S/C19H19N5OS/c1-11-9-12(2)15(13(3)10-11)21-22-17-16(14-7-5-4-6-8-14)23-24(18(17)25)19(20)26/h4-10,21H,1-3H3,(H2,20,26)/b22-17+. The highest BCUT2D eigenvalue weighted by atomic mass is 32.1. The fourth-order valence-corrected chi connectivity index (χ4v) is 3.03. The van der Waals surface area contributed by atoms with Crippen molar-refractivity contribution in [2.75, 3.05) is 5.43 Å². The molecule has 1 aliphatic rings. The lowest BCUT2D eigenvalue weighted by molar-refractivity contribution is -0.119. The monoisotopic (exact) mass is 365 g/mol. The Morgan fingerprint density at radius 2 is 1.77 bits per heavy atom. The number of carbonyl (C=O) groups excluding carboxylic acids is 1. The van der Waals surface area contributed by atoms with Gasteiger partial charge in [-0.25, -0.2) is 0 Å². The average molecular weight is 365 g/mol. The molecular formula is C19H19N5OS. The largest absolute Gasteiger partial charge is 0.374 e. The third kappa shape index (κ3) is 3.34. The van der Waals surface area contributed by atoms with E-state index in [2.05, 4.69) is 27.8 Å². The second kappa shape index (κ2) is 7.05. The predicted molar refractivity (Wildman–Crippen MR) is 108 cm³/mol. The SMILES string of the molecule is Cc1cc(C)c(N/N=C2/C(=O)N(C(N)=S)N=C2c2ccccc2)c(C)c1. The smallest absolute Gasteiger partial charge is 0.303 e. The van der Waals surface area contributed by atoms with E-state index < -0.39 is 5.91 Å². The molecule has 26 heavy (non-hydrogen) atoms. The average Bonchev–Trinajstić information content (AvgIpc) is 2.92. The molecule has 0 bridgehead atoms. The van der Waals surface area contributed by atoms with Crippen molar-refractivity contribution in [3.8, 4) is 0 Å². The van der Waals surface area contributed by atoms with Gasteiger partial charge in [-0.1, -0.05) is 48.0 Å². The number of aryl methyl sites for hydroxylation is 3. The lowest BCUT2D eigenvalue weighted by Crippen LogP contribution is -2.36. The van der Waals surface area contributed by atoms with E-state index in [-0.39, 0.29) is 10.8 Å². The van der Waals surface area contributed by atoms with Crippen molar-refractivity contribution in [3.63, 3.8) is 0 Å². The summed E-state index contributed by atoms with van der Waals surface area (Å²) in [5, 5.41) is 9.48. The highest BCUT2D eigenvalue weighted by Gasteiger charge is 2.34. The van der Waals surface area contributed by atoms with E-state index in [4.69, 9.17) is 18.0 Å². The number of hydrogen-bond donors (Lipinski definition) is 2. The number of nitrogens with one attached hydrogen (secondary N) is 1. The summed E-state index contributed by atoms with van der Waals surface area (Å²) in [7, 11) is 0. The van der Waals surface area contributed by atoms with E-state index >= 15 is 0 Å².